The van der Waals surface area contributed by atoms with Gasteiger partial charge in [0, 0.05) is 32.1 Å². The molecule has 2 amide bonds. The van der Waals surface area contributed by atoms with Crippen LogP contribution >= 0.6 is 22.6 Å². The molecule has 1 fully saturated rings. The molecule has 0 aliphatic heterocycles. The molecule has 4 aromatic rings. The minimum atomic E-state index is -0.635. The normalized spacial score (nSPS) is 13.4. The number of carbonyl (C=O) groups excluding carboxylic acids is 1. The lowest BCUT2D eigenvalue weighted by atomic mass is 9.99. The molecule has 3 N–H and O–H groups in total. The van der Waals surface area contributed by atoms with Crippen LogP contribution in [0.5, 0.6) is 0 Å². The Balaban J connectivity index is 1.74. The second-order valence-corrected chi connectivity index (χ2v) is 12.4. The lowest BCUT2D eigenvalue weighted by Gasteiger charge is -2.21. The first-order valence-electron chi connectivity index (χ1n) is 13.0. The van der Waals surface area contributed by atoms with E-state index in [1.54, 1.807) is 41.8 Å². The van der Waals surface area contributed by atoms with E-state index in [0.29, 0.717) is 26.1 Å². The lowest BCUT2D eigenvalue weighted by Crippen LogP contribution is -2.43. The molecule has 0 spiro atoms. The molecule has 0 saturated heterocycles. The van der Waals surface area contributed by atoms with Crippen molar-refractivity contribution in [2.45, 2.75) is 59.0 Å². The van der Waals surface area contributed by atoms with Gasteiger partial charge in [0.05, 0.1) is 16.9 Å². The molecule has 2 heterocycles. The molecule has 1 aliphatic rings. The highest BCUT2D eigenvalue weighted by molar-refractivity contribution is 14.1. The first-order valence-corrected chi connectivity index (χ1v) is 14.1. The Morgan fingerprint density at radius 3 is 2.48 bits per heavy atom. The van der Waals surface area contributed by atoms with E-state index < -0.39 is 17.0 Å². The van der Waals surface area contributed by atoms with Crippen LogP contribution in [0.25, 0.3) is 22.1 Å². The van der Waals surface area contributed by atoms with Crippen LogP contribution < -0.4 is 27.1 Å². The zero-order valence-electron chi connectivity index (χ0n) is 22.9. The zero-order chi connectivity index (χ0) is 28.9. The van der Waals surface area contributed by atoms with Crippen molar-refractivity contribution in [3.05, 3.63) is 83.9 Å². The van der Waals surface area contributed by atoms with E-state index >= 15 is 0 Å². The molecular formula is C30H30FIN4O4. The summed E-state index contributed by atoms with van der Waals surface area (Å²) < 4.78 is 23.1. The summed E-state index contributed by atoms with van der Waals surface area (Å²) in [5, 5.41) is 8.90. The predicted molar refractivity (Wildman–Crippen MR) is 164 cm³/mol. The number of halogens is 2. The van der Waals surface area contributed by atoms with Gasteiger partial charge in [0.1, 0.15) is 11.2 Å². The number of anilines is 3. The van der Waals surface area contributed by atoms with Crippen molar-refractivity contribution in [2.24, 2.45) is 0 Å². The first kappa shape index (κ1) is 27.9. The highest BCUT2D eigenvalue weighted by atomic mass is 127. The predicted octanol–water partition coefficient (Wildman–Crippen LogP) is 6.98. The van der Waals surface area contributed by atoms with Gasteiger partial charge in [0.25, 0.3) is 5.56 Å². The summed E-state index contributed by atoms with van der Waals surface area (Å²) in [6.45, 7) is 9.04. The number of fused-ring (bicyclic) bond motifs is 1. The minimum absolute atomic E-state index is 0.0182. The van der Waals surface area contributed by atoms with Gasteiger partial charge in [-0.1, -0.05) is 12.1 Å². The minimum Gasteiger partial charge on any atom is -0.421 e. The molecular weight excluding hydrogens is 626 g/mol. The summed E-state index contributed by atoms with van der Waals surface area (Å²) in [7, 11) is 0. The van der Waals surface area contributed by atoms with Gasteiger partial charge in [-0.2, -0.15) is 0 Å². The molecule has 1 saturated carbocycles. The van der Waals surface area contributed by atoms with Gasteiger partial charge < -0.3 is 24.9 Å². The Bertz CT molecular complexity index is 1780. The highest BCUT2D eigenvalue weighted by Gasteiger charge is 2.31. The molecule has 0 unspecified atom stereocenters. The van der Waals surface area contributed by atoms with E-state index in [1.807, 2.05) is 56.4 Å². The average Bonchev–Trinajstić information content (AvgIpc) is 3.67. The molecule has 0 atom stereocenters. The van der Waals surface area contributed by atoms with Crippen LogP contribution in [0.2, 0.25) is 0 Å². The number of urea groups is 1. The number of benzene rings is 2. The fourth-order valence-electron chi connectivity index (χ4n) is 4.81. The van der Waals surface area contributed by atoms with Crippen LogP contribution in [0.1, 0.15) is 50.9 Å². The van der Waals surface area contributed by atoms with E-state index in [0.717, 1.165) is 12.8 Å². The van der Waals surface area contributed by atoms with E-state index in [2.05, 4.69) is 16.0 Å². The standard InChI is InChI=1S/C30H30FIN4O4/c1-15-25(34-22-12-9-18(32)14-21(22)31)24-26(40-28(15)38)23(16(2)36(27(24)37)20-10-11-20)17-7-6-8-19(13-17)33-29(39)35-30(3,4)5/h6-9,12-14,20,34H,10-11H2,1-5H3,(H2,33,35,39). The molecule has 0 radical (unpaired) electrons. The molecule has 0 bridgehead atoms. The van der Waals surface area contributed by atoms with E-state index in [-0.39, 0.29) is 45.5 Å². The number of hydrogen-bond acceptors (Lipinski definition) is 5. The highest BCUT2D eigenvalue weighted by Crippen LogP contribution is 2.41. The van der Waals surface area contributed by atoms with Crippen LogP contribution in [0.4, 0.5) is 26.2 Å². The third-order valence-corrected chi connectivity index (χ3v) is 7.41. The van der Waals surface area contributed by atoms with Gasteiger partial charge in [-0.3, -0.25) is 4.79 Å². The van der Waals surface area contributed by atoms with Crippen LogP contribution in [-0.4, -0.2) is 16.1 Å². The number of hydrogen-bond donors (Lipinski definition) is 3. The maximum Gasteiger partial charge on any atom is 0.341 e. The van der Waals surface area contributed by atoms with Gasteiger partial charge in [-0.15, -0.1) is 0 Å². The maximum absolute atomic E-state index is 14.9. The van der Waals surface area contributed by atoms with Crippen molar-refractivity contribution < 1.29 is 13.6 Å². The Hall–Kier alpha value is -3.67. The second-order valence-electron chi connectivity index (χ2n) is 11.1. The van der Waals surface area contributed by atoms with Crippen LogP contribution in [0.3, 0.4) is 0 Å². The van der Waals surface area contributed by atoms with Gasteiger partial charge in [0.15, 0.2) is 5.58 Å². The van der Waals surface area contributed by atoms with Crippen LogP contribution in [0, 0.1) is 23.2 Å². The Morgan fingerprint density at radius 2 is 1.82 bits per heavy atom. The van der Waals surface area contributed by atoms with Crippen LogP contribution in [-0.2, 0) is 0 Å². The van der Waals surface area contributed by atoms with Gasteiger partial charge in [-0.05, 0) is 106 Å². The fourth-order valence-corrected chi connectivity index (χ4v) is 5.26. The average molecular weight is 656 g/mol. The largest absolute Gasteiger partial charge is 0.421 e. The van der Waals surface area contributed by atoms with Crippen molar-refractivity contribution in [3.63, 3.8) is 0 Å². The topological polar surface area (TPSA) is 105 Å². The quantitative estimate of drug-likeness (QED) is 0.201. The number of nitrogens with one attached hydrogen (secondary N) is 3. The molecule has 1 aliphatic carbocycles. The molecule has 2 aromatic heterocycles. The van der Waals surface area contributed by atoms with E-state index in [9.17, 15) is 18.8 Å². The summed E-state index contributed by atoms with van der Waals surface area (Å²) in [6.07, 6.45) is 1.70. The summed E-state index contributed by atoms with van der Waals surface area (Å²) >= 11 is 2.02. The summed E-state index contributed by atoms with van der Waals surface area (Å²) in [5.41, 5.74) is 1.68. The lowest BCUT2D eigenvalue weighted by molar-refractivity contribution is 0.244. The molecule has 2 aromatic carbocycles. The molecule has 208 valence electrons. The van der Waals surface area contributed by atoms with Crippen LogP contribution in [0.15, 0.2) is 56.5 Å². The number of nitrogens with zero attached hydrogens (tertiary/aromatic N) is 1. The fraction of sp³-hybridized carbons (Fsp3) is 0.300. The van der Waals surface area contributed by atoms with Crippen molar-refractivity contribution >= 4 is 56.7 Å². The molecule has 10 heteroatoms. The molecule has 8 nitrogen and oxygen atoms in total. The van der Waals surface area contributed by atoms with Crippen molar-refractivity contribution in [1.82, 2.24) is 9.88 Å². The summed E-state index contributed by atoms with van der Waals surface area (Å²) in [5.74, 6) is -0.505. The number of pyridine rings is 1. The third kappa shape index (κ3) is 5.49. The Labute approximate surface area is 244 Å². The van der Waals surface area contributed by atoms with Crippen molar-refractivity contribution in [1.29, 1.82) is 0 Å². The molecule has 40 heavy (non-hydrogen) atoms. The second kappa shape index (κ2) is 10.4. The van der Waals surface area contributed by atoms with Gasteiger partial charge >= 0.3 is 11.7 Å². The Morgan fingerprint density at radius 1 is 1.10 bits per heavy atom. The van der Waals surface area contributed by atoms with E-state index in [1.165, 1.54) is 6.07 Å². The third-order valence-electron chi connectivity index (χ3n) is 6.74. The maximum atomic E-state index is 14.9. The smallest absolute Gasteiger partial charge is 0.341 e. The summed E-state index contributed by atoms with van der Waals surface area (Å²) in [4.78, 5) is 39.6. The van der Waals surface area contributed by atoms with Gasteiger partial charge in [0.2, 0.25) is 0 Å². The van der Waals surface area contributed by atoms with Crippen molar-refractivity contribution in [3.8, 4) is 11.1 Å². The molecule has 5 rings (SSSR count). The van der Waals surface area contributed by atoms with E-state index in [4.69, 9.17) is 4.42 Å². The monoisotopic (exact) mass is 656 g/mol. The zero-order valence-corrected chi connectivity index (χ0v) is 25.0. The SMILES string of the molecule is Cc1c(Nc2ccc(I)cc2F)c2c(=O)n(C3CC3)c(C)c(-c3cccc(NC(=O)NC(C)(C)C)c3)c2oc1=O. The Kier molecular flexibility index (Phi) is 7.24. The first-order chi connectivity index (χ1) is 18.8. The number of aromatic nitrogens is 1. The number of amides is 2. The van der Waals surface area contributed by atoms with Gasteiger partial charge in [-0.25, -0.2) is 14.0 Å². The van der Waals surface area contributed by atoms with Crippen molar-refractivity contribution in [2.75, 3.05) is 10.6 Å². The number of rotatable bonds is 5. The number of carbonyl (C=O) groups is 1. The summed E-state index contributed by atoms with van der Waals surface area (Å²) in [6, 6.07) is 11.5.